The number of nitrogens with one attached hydrogen (secondary N) is 1. The number of para-hydroxylation sites is 1. The van der Waals surface area contributed by atoms with Gasteiger partial charge in [-0.15, -0.1) is 0 Å². The molecular formula is C16H25NO2. The number of anilines is 1. The molecule has 0 bridgehead atoms. The maximum Gasteiger partial charge on any atom is 0.0736 e. The molecule has 1 saturated heterocycles. The van der Waals surface area contributed by atoms with E-state index in [2.05, 4.69) is 36.5 Å². The van der Waals surface area contributed by atoms with Crippen molar-refractivity contribution in [3.63, 3.8) is 0 Å². The van der Waals surface area contributed by atoms with E-state index in [0.717, 1.165) is 32.5 Å². The Morgan fingerprint density at radius 1 is 1.32 bits per heavy atom. The quantitative estimate of drug-likeness (QED) is 0.850. The molecule has 3 heteroatoms. The van der Waals surface area contributed by atoms with Crippen LogP contribution in [-0.4, -0.2) is 25.4 Å². The van der Waals surface area contributed by atoms with Gasteiger partial charge < -0.3 is 14.8 Å². The van der Waals surface area contributed by atoms with Gasteiger partial charge in [0, 0.05) is 30.5 Å². The maximum absolute atomic E-state index is 5.73. The number of hydrogen-bond donors (Lipinski definition) is 1. The molecule has 0 spiro atoms. The van der Waals surface area contributed by atoms with E-state index < -0.39 is 0 Å². The lowest BCUT2D eigenvalue weighted by Crippen LogP contribution is -2.33. The summed E-state index contributed by atoms with van der Waals surface area (Å²) in [6.45, 7) is 6.52. The third kappa shape index (κ3) is 4.22. The molecule has 0 radical (unpaired) electrons. The van der Waals surface area contributed by atoms with Gasteiger partial charge in [-0.1, -0.05) is 25.1 Å². The molecule has 2 unspecified atom stereocenters. The first-order valence-corrected chi connectivity index (χ1v) is 7.37. The molecule has 0 saturated carbocycles. The van der Waals surface area contributed by atoms with Crippen LogP contribution in [-0.2, 0) is 16.1 Å². The van der Waals surface area contributed by atoms with Crippen molar-refractivity contribution in [2.75, 3.05) is 18.5 Å². The van der Waals surface area contributed by atoms with Crippen molar-refractivity contribution in [2.24, 2.45) is 0 Å². The van der Waals surface area contributed by atoms with Gasteiger partial charge in [0.05, 0.1) is 12.7 Å². The van der Waals surface area contributed by atoms with Crippen LogP contribution in [0.4, 0.5) is 5.69 Å². The average Bonchev–Trinajstić information content (AvgIpc) is 2.46. The first-order chi connectivity index (χ1) is 9.33. The van der Waals surface area contributed by atoms with E-state index in [1.165, 1.54) is 11.3 Å². The standard InChI is InChI=1S/C16H25NO2/c1-3-15-11-14(9-10-19-15)17-16-8-6-5-7-13(16)12-18-4-2/h5-8,14-15,17H,3-4,9-12H2,1-2H3. The summed E-state index contributed by atoms with van der Waals surface area (Å²) in [6, 6.07) is 8.94. The summed E-state index contributed by atoms with van der Waals surface area (Å²) in [5.74, 6) is 0. The zero-order valence-corrected chi connectivity index (χ0v) is 12.0. The lowest BCUT2D eigenvalue weighted by molar-refractivity contribution is 0.00922. The Bertz CT molecular complexity index is 381. The van der Waals surface area contributed by atoms with E-state index in [1.54, 1.807) is 0 Å². The van der Waals surface area contributed by atoms with Gasteiger partial charge in [0.25, 0.3) is 0 Å². The fraction of sp³-hybridized carbons (Fsp3) is 0.625. The molecular weight excluding hydrogens is 238 g/mol. The normalized spacial score (nSPS) is 23.3. The zero-order chi connectivity index (χ0) is 13.5. The topological polar surface area (TPSA) is 30.5 Å². The van der Waals surface area contributed by atoms with Crippen molar-refractivity contribution >= 4 is 5.69 Å². The van der Waals surface area contributed by atoms with Crippen molar-refractivity contribution in [2.45, 2.75) is 51.9 Å². The summed E-state index contributed by atoms with van der Waals surface area (Å²) in [5, 5.41) is 3.66. The maximum atomic E-state index is 5.73. The highest BCUT2D eigenvalue weighted by atomic mass is 16.5. The van der Waals surface area contributed by atoms with Gasteiger partial charge in [-0.05, 0) is 32.3 Å². The molecule has 19 heavy (non-hydrogen) atoms. The highest BCUT2D eigenvalue weighted by Crippen LogP contribution is 2.23. The molecule has 1 aliphatic rings. The lowest BCUT2D eigenvalue weighted by atomic mass is 10.0. The van der Waals surface area contributed by atoms with Crippen LogP contribution in [0, 0.1) is 0 Å². The second-order valence-corrected chi connectivity index (χ2v) is 5.06. The zero-order valence-electron chi connectivity index (χ0n) is 12.0. The highest BCUT2D eigenvalue weighted by Gasteiger charge is 2.21. The van der Waals surface area contributed by atoms with Gasteiger partial charge in [0.1, 0.15) is 0 Å². The van der Waals surface area contributed by atoms with E-state index in [9.17, 15) is 0 Å². The Kier molecular flexibility index (Phi) is 5.67. The number of benzene rings is 1. The van der Waals surface area contributed by atoms with Gasteiger partial charge in [0.15, 0.2) is 0 Å². The minimum absolute atomic E-state index is 0.408. The van der Waals surface area contributed by atoms with E-state index in [0.29, 0.717) is 18.8 Å². The van der Waals surface area contributed by atoms with Crippen molar-refractivity contribution in [3.8, 4) is 0 Å². The van der Waals surface area contributed by atoms with Crippen molar-refractivity contribution in [1.82, 2.24) is 0 Å². The number of hydrogen-bond acceptors (Lipinski definition) is 3. The second kappa shape index (κ2) is 7.51. The Morgan fingerprint density at radius 2 is 2.16 bits per heavy atom. The monoisotopic (exact) mass is 263 g/mol. The third-order valence-electron chi connectivity index (χ3n) is 3.66. The van der Waals surface area contributed by atoms with E-state index in [-0.39, 0.29) is 0 Å². The molecule has 0 aliphatic carbocycles. The van der Waals surface area contributed by atoms with E-state index in [4.69, 9.17) is 9.47 Å². The molecule has 1 aromatic rings. The van der Waals surface area contributed by atoms with E-state index in [1.807, 2.05) is 6.92 Å². The van der Waals surface area contributed by atoms with Crippen LogP contribution in [0.5, 0.6) is 0 Å². The third-order valence-corrected chi connectivity index (χ3v) is 3.66. The summed E-state index contributed by atoms with van der Waals surface area (Å²) in [4.78, 5) is 0. The molecule has 1 aromatic carbocycles. The fourth-order valence-electron chi connectivity index (χ4n) is 2.51. The first-order valence-electron chi connectivity index (χ1n) is 7.37. The van der Waals surface area contributed by atoms with Gasteiger partial charge >= 0.3 is 0 Å². The van der Waals surface area contributed by atoms with Gasteiger partial charge in [-0.2, -0.15) is 0 Å². The molecule has 1 heterocycles. The molecule has 1 N–H and O–H groups in total. The predicted octanol–water partition coefficient (Wildman–Crippen LogP) is 3.59. The molecule has 0 amide bonds. The summed E-state index contributed by atoms with van der Waals surface area (Å²) >= 11 is 0. The SMILES string of the molecule is CCOCc1ccccc1NC1CCOC(CC)C1. The highest BCUT2D eigenvalue weighted by molar-refractivity contribution is 5.51. The van der Waals surface area contributed by atoms with Gasteiger partial charge in [-0.3, -0.25) is 0 Å². The van der Waals surface area contributed by atoms with Gasteiger partial charge in [0.2, 0.25) is 0 Å². The van der Waals surface area contributed by atoms with Crippen LogP contribution in [0.15, 0.2) is 24.3 Å². The van der Waals surface area contributed by atoms with Crippen LogP contribution >= 0.6 is 0 Å². The van der Waals surface area contributed by atoms with Crippen LogP contribution in [0.25, 0.3) is 0 Å². The summed E-state index contributed by atoms with van der Waals surface area (Å²) in [7, 11) is 0. The Balaban J connectivity index is 1.97. The Labute approximate surface area is 116 Å². The first kappa shape index (κ1) is 14.4. The molecule has 1 aliphatic heterocycles. The second-order valence-electron chi connectivity index (χ2n) is 5.06. The molecule has 2 atom stereocenters. The Morgan fingerprint density at radius 3 is 2.95 bits per heavy atom. The minimum Gasteiger partial charge on any atom is -0.382 e. The number of ether oxygens (including phenoxy) is 2. The van der Waals surface area contributed by atoms with Gasteiger partial charge in [-0.25, -0.2) is 0 Å². The average molecular weight is 263 g/mol. The lowest BCUT2D eigenvalue weighted by Gasteiger charge is -2.30. The summed E-state index contributed by atoms with van der Waals surface area (Å²) in [6.07, 6.45) is 3.68. The molecule has 106 valence electrons. The smallest absolute Gasteiger partial charge is 0.0736 e. The van der Waals surface area contributed by atoms with Crippen molar-refractivity contribution in [1.29, 1.82) is 0 Å². The summed E-state index contributed by atoms with van der Waals surface area (Å²) in [5.41, 5.74) is 2.45. The summed E-state index contributed by atoms with van der Waals surface area (Å²) < 4.78 is 11.3. The fourth-order valence-corrected chi connectivity index (χ4v) is 2.51. The number of rotatable bonds is 6. The van der Waals surface area contributed by atoms with Crippen LogP contribution in [0.3, 0.4) is 0 Å². The molecule has 2 rings (SSSR count). The molecule has 1 fully saturated rings. The predicted molar refractivity (Wildman–Crippen MR) is 78.4 cm³/mol. The molecule has 3 nitrogen and oxygen atoms in total. The van der Waals surface area contributed by atoms with E-state index >= 15 is 0 Å². The Hall–Kier alpha value is -1.06. The van der Waals surface area contributed by atoms with Crippen LogP contribution < -0.4 is 5.32 Å². The van der Waals surface area contributed by atoms with Crippen molar-refractivity contribution in [3.05, 3.63) is 29.8 Å². The van der Waals surface area contributed by atoms with Crippen molar-refractivity contribution < 1.29 is 9.47 Å². The minimum atomic E-state index is 0.408. The molecule has 0 aromatic heterocycles. The van der Waals surface area contributed by atoms with Crippen LogP contribution in [0.2, 0.25) is 0 Å². The van der Waals surface area contributed by atoms with Crippen LogP contribution in [0.1, 0.15) is 38.7 Å². The largest absolute Gasteiger partial charge is 0.382 e.